The zero-order valence-corrected chi connectivity index (χ0v) is 13.5. The van der Waals surface area contributed by atoms with Crippen LogP contribution < -0.4 is 0 Å². The molecule has 0 saturated heterocycles. The van der Waals surface area contributed by atoms with Gasteiger partial charge in [0.05, 0.1) is 5.69 Å². The molecule has 1 heterocycles. The number of aryl methyl sites for hydroxylation is 1. The minimum atomic E-state index is 0.103. The average molecular weight is 300 g/mol. The van der Waals surface area contributed by atoms with Crippen LogP contribution in [0.15, 0.2) is 30.3 Å². The van der Waals surface area contributed by atoms with E-state index in [0.717, 1.165) is 21.1 Å². The number of carbonyl (C=O) groups is 1. The zero-order chi connectivity index (χ0) is 15.0. The predicted octanol–water partition coefficient (Wildman–Crippen LogP) is 3.99. The highest BCUT2D eigenvalue weighted by atomic mass is 32.1. The molecule has 0 unspecified atom stereocenters. The third-order valence-electron chi connectivity index (χ3n) is 4.25. The second-order valence-electron chi connectivity index (χ2n) is 5.79. The van der Waals surface area contributed by atoms with Crippen molar-refractivity contribution in [2.24, 2.45) is 5.92 Å². The molecule has 2 aromatic rings. The van der Waals surface area contributed by atoms with Gasteiger partial charge >= 0.3 is 0 Å². The number of hydrogen-bond donors (Lipinski definition) is 0. The fourth-order valence-corrected chi connectivity index (χ4v) is 3.59. The minimum absolute atomic E-state index is 0.103. The molecule has 1 atom stereocenters. The van der Waals surface area contributed by atoms with E-state index in [2.05, 4.69) is 11.9 Å². The molecule has 0 N–H and O–H groups in total. The first-order valence-corrected chi connectivity index (χ1v) is 8.19. The fraction of sp³-hybridized carbons (Fsp3) is 0.412. The largest absolute Gasteiger partial charge is 0.338 e. The molecule has 1 fully saturated rings. The van der Waals surface area contributed by atoms with Crippen molar-refractivity contribution >= 4 is 17.2 Å². The summed E-state index contributed by atoms with van der Waals surface area (Å²) in [4.78, 5) is 19.9. The van der Waals surface area contributed by atoms with Crippen molar-refractivity contribution in [2.75, 3.05) is 7.05 Å². The van der Waals surface area contributed by atoms with Crippen LogP contribution in [0.3, 0.4) is 0 Å². The lowest BCUT2D eigenvalue weighted by atomic mass is 10.2. The van der Waals surface area contributed by atoms with Gasteiger partial charge in [-0.25, -0.2) is 4.98 Å². The van der Waals surface area contributed by atoms with Gasteiger partial charge in [-0.05, 0) is 32.6 Å². The van der Waals surface area contributed by atoms with E-state index in [1.807, 2.05) is 49.2 Å². The number of benzene rings is 1. The highest BCUT2D eigenvalue weighted by Gasteiger charge is 2.33. The molecule has 1 aromatic carbocycles. The smallest absolute Gasteiger partial charge is 0.265 e. The van der Waals surface area contributed by atoms with Crippen LogP contribution in [0.4, 0.5) is 0 Å². The second kappa shape index (κ2) is 5.60. The van der Waals surface area contributed by atoms with E-state index in [-0.39, 0.29) is 5.91 Å². The molecule has 0 radical (unpaired) electrons. The third-order valence-corrected chi connectivity index (χ3v) is 5.44. The van der Waals surface area contributed by atoms with Crippen LogP contribution in [0.2, 0.25) is 0 Å². The van der Waals surface area contributed by atoms with E-state index >= 15 is 0 Å². The van der Waals surface area contributed by atoms with Gasteiger partial charge in [-0.15, -0.1) is 11.3 Å². The van der Waals surface area contributed by atoms with Crippen molar-refractivity contribution in [3.8, 4) is 10.6 Å². The Morgan fingerprint density at radius 2 is 2.00 bits per heavy atom. The topological polar surface area (TPSA) is 33.2 Å². The first kappa shape index (κ1) is 14.3. The molecule has 21 heavy (non-hydrogen) atoms. The van der Waals surface area contributed by atoms with E-state index in [9.17, 15) is 4.79 Å². The van der Waals surface area contributed by atoms with Crippen molar-refractivity contribution in [3.63, 3.8) is 0 Å². The lowest BCUT2D eigenvalue weighted by Gasteiger charge is -2.24. The Balaban J connectivity index is 1.85. The number of nitrogens with zero attached hydrogens (tertiary/aromatic N) is 2. The minimum Gasteiger partial charge on any atom is -0.338 e. The van der Waals surface area contributed by atoms with Gasteiger partial charge in [-0.2, -0.15) is 0 Å². The van der Waals surface area contributed by atoms with Gasteiger partial charge in [0, 0.05) is 18.7 Å². The molecule has 4 heteroatoms. The first-order valence-electron chi connectivity index (χ1n) is 7.38. The van der Waals surface area contributed by atoms with Crippen molar-refractivity contribution < 1.29 is 4.79 Å². The summed E-state index contributed by atoms with van der Waals surface area (Å²) < 4.78 is 0. The molecule has 0 bridgehead atoms. The summed E-state index contributed by atoms with van der Waals surface area (Å²) in [6, 6.07) is 10.4. The number of hydrogen-bond acceptors (Lipinski definition) is 3. The normalized spacial score (nSPS) is 15.8. The van der Waals surface area contributed by atoms with Crippen LogP contribution >= 0.6 is 11.3 Å². The Morgan fingerprint density at radius 1 is 1.33 bits per heavy atom. The number of carbonyl (C=O) groups excluding carboxylic acids is 1. The quantitative estimate of drug-likeness (QED) is 0.855. The molecule has 1 aliphatic rings. The molecule has 3 rings (SSSR count). The van der Waals surface area contributed by atoms with Gasteiger partial charge in [0.15, 0.2) is 0 Å². The van der Waals surface area contributed by atoms with Crippen molar-refractivity contribution in [2.45, 2.75) is 32.7 Å². The van der Waals surface area contributed by atoms with Crippen LogP contribution in [0.25, 0.3) is 10.6 Å². The number of aromatic nitrogens is 1. The molecule has 1 aromatic heterocycles. The zero-order valence-electron chi connectivity index (χ0n) is 12.7. The lowest BCUT2D eigenvalue weighted by molar-refractivity contribution is 0.0731. The van der Waals surface area contributed by atoms with Crippen molar-refractivity contribution in [1.29, 1.82) is 0 Å². The fourth-order valence-electron chi connectivity index (χ4n) is 2.54. The Bertz CT molecular complexity index is 646. The summed E-state index contributed by atoms with van der Waals surface area (Å²) in [5.41, 5.74) is 1.90. The summed E-state index contributed by atoms with van der Waals surface area (Å²) in [6.07, 6.45) is 2.49. The van der Waals surface area contributed by atoms with Crippen LogP contribution in [0.5, 0.6) is 0 Å². The van der Waals surface area contributed by atoms with Crippen LogP contribution in [0.1, 0.15) is 35.1 Å². The molecule has 1 saturated carbocycles. The molecule has 1 aliphatic carbocycles. The maximum absolute atomic E-state index is 12.7. The van der Waals surface area contributed by atoms with E-state index in [0.29, 0.717) is 12.0 Å². The van der Waals surface area contributed by atoms with Gasteiger partial charge in [-0.3, -0.25) is 4.79 Å². The lowest BCUT2D eigenvalue weighted by Crippen LogP contribution is -2.36. The predicted molar refractivity (Wildman–Crippen MR) is 86.6 cm³/mol. The van der Waals surface area contributed by atoms with Crippen LogP contribution in [-0.4, -0.2) is 28.9 Å². The van der Waals surface area contributed by atoms with E-state index in [1.165, 1.54) is 24.2 Å². The Morgan fingerprint density at radius 3 is 2.62 bits per heavy atom. The van der Waals surface area contributed by atoms with Crippen molar-refractivity contribution in [1.82, 2.24) is 9.88 Å². The standard InChI is InChI=1S/C17H20N2OS/c1-11-15(17(20)19(3)12(2)13-9-10-13)21-16(18-11)14-7-5-4-6-8-14/h4-8,12-13H,9-10H2,1-3H3/t12-/m0/s1. The summed E-state index contributed by atoms with van der Waals surface area (Å²) in [5, 5.41) is 0.920. The third kappa shape index (κ3) is 2.86. The summed E-state index contributed by atoms with van der Waals surface area (Å²) in [6.45, 7) is 4.07. The van der Waals surface area contributed by atoms with Crippen LogP contribution in [-0.2, 0) is 0 Å². The molecule has 110 valence electrons. The number of rotatable bonds is 4. The Labute approximate surface area is 129 Å². The average Bonchev–Trinajstić information content (AvgIpc) is 3.28. The monoisotopic (exact) mass is 300 g/mol. The molecule has 0 aliphatic heterocycles. The van der Waals surface area contributed by atoms with Gasteiger partial charge in [-0.1, -0.05) is 30.3 Å². The van der Waals surface area contributed by atoms with Gasteiger partial charge in [0.1, 0.15) is 9.88 Å². The molecular weight excluding hydrogens is 280 g/mol. The highest BCUT2D eigenvalue weighted by molar-refractivity contribution is 7.17. The molecule has 1 amide bonds. The number of thiazole rings is 1. The highest BCUT2D eigenvalue weighted by Crippen LogP contribution is 2.36. The molecular formula is C17H20N2OS. The van der Waals surface area contributed by atoms with Crippen LogP contribution in [0, 0.1) is 12.8 Å². The van der Waals surface area contributed by atoms with Gasteiger partial charge in [0.2, 0.25) is 0 Å². The van der Waals surface area contributed by atoms with E-state index in [1.54, 1.807) is 0 Å². The number of amides is 1. The van der Waals surface area contributed by atoms with Crippen molar-refractivity contribution in [3.05, 3.63) is 40.9 Å². The first-order chi connectivity index (χ1) is 10.1. The van der Waals surface area contributed by atoms with E-state index < -0.39 is 0 Å². The van der Waals surface area contributed by atoms with Gasteiger partial charge < -0.3 is 4.90 Å². The van der Waals surface area contributed by atoms with E-state index in [4.69, 9.17) is 0 Å². The second-order valence-corrected chi connectivity index (χ2v) is 6.79. The maximum atomic E-state index is 12.7. The Kier molecular flexibility index (Phi) is 3.81. The summed E-state index contributed by atoms with van der Waals surface area (Å²) in [7, 11) is 1.91. The molecule has 3 nitrogen and oxygen atoms in total. The van der Waals surface area contributed by atoms with Gasteiger partial charge in [0.25, 0.3) is 5.91 Å². The summed E-state index contributed by atoms with van der Waals surface area (Å²) in [5.74, 6) is 0.785. The maximum Gasteiger partial charge on any atom is 0.265 e. The Hall–Kier alpha value is -1.68. The summed E-state index contributed by atoms with van der Waals surface area (Å²) >= 11 is 1.50. The SMILES string of the molecule is Cc1nc(-c2ccccc2)sc1C(=O)N(C)[C@@H](C)C1CC1. The molecule has 0 spiro atoms.